The van der Waals surface area contributed by atoms with Gasteiger partial charge in [0.05, 0.1) is 23.9 Å². The summed E-state index contributed by atoms with van der Waals surface area (Å²) in [6, 6.07) is 6.22. The van der Waals surface area contributed by atoms with E-state index in [1.807, 2.05) is 0 Å². The molecule has 0 radical (unpaired) electrons. The van der Waals surface area contributed by atoms with Gasteiger partial charge in [-0.05, 0) is 19.8 Å². The van der Waals surface area contributed by atoms with Crippen LogP contribution in [0.2, 0.25) is 0 Å². The molecule has 1 heterocycles. The van der Waals surface area contributed by atoms with Gasteiger partial charge >= 0.3 is 5.97 Å². The van der Waals surface area contributed by atoms with Crippen molar-refractivity contribution >= 4 is 17.6 Å². The minimum absolute atomic E-state index is 0.0350. The van der Waals surface area contributed by atoms with Crippen molar-refractivity contribution in [1.82, 2.24) is 4.90 Å². The van der Waals surface area contributed by atoms with Gasteiger partial charge in [-0.3, -0.25) is 19.7 Å². The van der Waals surface area contributed by atoms with Crippen molar-refractivity contribution in [2.45, 2.75) is 26.2 Å². The van der Waals surface area contributed by atoms with Crippen molar-refractivity contribution in [3.63, 3.8) is 0 Å². The third kappa shape index (κ3) is 4.28. The molecular formula is C16H20N2O5. The first-order chi connectivity index (χ1) is 11.0. The Labute approximate surface area is 134 Å². The number of likely N-dealkylation sites (tertiary alicyclic amines) is 1. The van der Waals surface area contributed by atoms with E-state index in [1.165, 1.54) is 6.07 Å². The molecule has 0 N–H and O–H groups in total. The van der Waals surface area contributed by atoms with Crippen molar-refractivity contribution < 1.29 is 19.2 Å². The highest BCUT2D eigenvalue weighted by Gasteiger charge is 2.30. The average molecular weight is 320 g/mol. The molecule has 1 fully saturated rings. The van der Waals surface area contributed by atoms with Crippen LogP contribution in [0, 0.1) is 16.0 Å². The molecule has 124 valence electrons. The third-order valence-corrected chi connectivity index (χ3v) is 3.92. The zero-order valence-corrected chi connectivity index (χ0v) is 13.1. The van der Waals surface area contributed by atoms with Gasteiger partial charge in [-0.25, -0.2) is 0 Å². The molecule has 1 aromatic rings. The summed E-state index contributed by atoms with van der Waals surface area (Å²) in [6.45, 7) is 2.95. The molecule has 0 spiro atoms. The van der Waals surface area contributed by atoms with Crippen molar-refractivity contribution in [1.29, 1.82) is 0 Å². The summed E-state index contributed by atoms with van der Waals surface area (Å²) in [4.78, 5) is 36.4. The fraction of sp³-hybridized carbons (Fsp3) is 0.500. The number of para-hydroxylation sites is 1. The van der Waals surface area contributed by atoms with Gasteiger partial charge in [0.25, 0.3) is 5.69 Å². The number of amides is 1. The number of hydrogen-bond acceptors (Lipinski definition) is 5. The normalized spacial score (nSPS) is 17.6. The van der Waals surface area contributed by atoms with E-state index in [4.69, 9.17) is 4.74 Å². The standard InChI is InChI=1S/C16H20N2O5/c1-2-23-16(20)13-7-5-9-17(11-13)15(19)10-12-6-3-4-8-14(12)18(21)22/h3-4,6,8,13H,2,5,7,9-11H2,1H3. The van der Waals surface area contributed by atoms with Crippen molar-refractivity contribution in [2.24, 2.45) is 5.92 Å². The summed E-state index contributed by atoms with van der Waals surface area (Å²) in [5.41, 5.74) is 0.334. The number of hydrogen-bond donors (Lipinski definition) is 0. The molecule has 1 amide bonds. The van der Waals surface area contributed by atoms with Crippen LogP contribution in [0.3, 0.4) is 0 Å². The summed E-state index contributed by atoms with van der Waals surface area (Å²) in [7, 11) is 0. The second-order valence-corrected chi connectivity index (χ2v) is 5.49. The zero-order valence-electron chi connectivity index (χ0n) is 13.1. The molecule has 7 heteroatoms. The Hall–Kier alpha value is -2.44. The second kappa shape index (κ2) is 7.71. The van der Waals surface area contributed by atoms with Gasteiger partial charge in [0, 0.05) is 24.7 Å². The smallest absolute Gasteiger partial charge is 0.310 e. The maximum atomic E-state index is 12.4. The molecule has 0 aliphatic carbocycles. The minimum atomic E-state index is -0.486. The lowest BCUT2D eigenvalue weighted by atomic mass is 9.97. The van der Waals surface area contributed by atoms with Crippen molar-refractivity contribution in [3.05, 3.63) is 39.9 Å². The molecule has 7 nitrogen and oxygen atoms in total. The van der Waals surface area contributed by atoms with Crippen LogP contribution < -0.4 is 0 Å². The first kappa shape index (κ1) is 16.9. The topological polar surface area (TPSA) is 89.8 Å². The maximum Gasteiger partial charge on any atom is 0.310 e. The van der Waals surface area contributed by atoms with Gasteiger partial charge in [-0.2, -0.15) is 0 Å². The summed E-state index contributed by atoms with van der Waals surface area (Å²) in [6.07, 6.45) is 1.40. The van der Waals surface area contributed by atoms with E-state index < -0.39 is 4.92 Å². The Bertz CT molecular complexity index is 602. The highest BCUT2D eigenvalue weighted by atomic mass is 16.6. The largest absolute Gasteiger partial charge is 0.466 e. The predicted molar refractivity (Wildman–Crippen MR) is 82.7 cm³/mol. The van der Waals surface area contributed by atoms with Gasteiger partial charge < -0.3 is 9.64 Å². The molecular weight excluding hydrogens is 300 g/mol. The van der Waals surface area contributed by atoms with E-state index in [1.54, 1.807) is 30.0 Å². The zero-order chi connectivity index (χ0) is 16.8. The van der Waals surface area contributed by atoms with Crippen LogP contribution in [0.4, 0.5) is 5.69 Å². The molecule has 0 saturated carbocycles. The van der Waals surface area contributed by atoms with Crippen LogP contribution in [-0.2, 0) is 20.7 Å². The molecule has 1 aliphatic rings. The maximum absolute atomic E-state index is 12.4. The molecule has 1 aromatic carbocycles. The lowest BCUT2D eigenvalue weighted by Crippen LogP contribution is -2.43. The monoisotopic (exact) mass is 320 g/mol. The number of carbonyl (C=O) groups is 2. The van der Waals surface area contributed by atoms with E-state index >= 15 is 0 Å². The fourth-order valence-electron chi connectivity index (χ4n) is 2.77. The Morgan fingerprint density at radius 2 is 2.13 bits per heavy atom. The number of esters is 1. The SMILES string of the molecule is CCOC(=O)C1CCCN(C(=O)Cc2ccccc2[N+](=O)[O-])C1. The third-order valence-electron chi connectivity index (χ3n) is 3.92. The molecule has 1 atom stereocenters. The molecule has 2 rings (SSSR count). The number of rotatable bonds is 5. The number of nitro groups is 1. The Balaban J connectivity index is 2.03. The second-order valence-electron chi connectivity index (χ2n) is 5.49. The summed E-state index contributed by atoms with van der Waals surface area (Å²) >= 11 is 0. The molecule has 23 heavy (non-hydrogen) atoms. The molecule has 0 bridgehead atoms. The number of carbonyl (C=O) groups excluding carboxylic acids is 2. The highest BCUT2D eigenvalue weighted by Crippen LogP contribution is 2.22. The molecule has 1 saturated heterocycles. The number of ether oxygens (including phenoxy) is 1. The van der Waals surface area contributed by atoms with Crippen molar-refractivity contribution in [3.8, 4) is 0 Å². The number of piperidine rings is 1. The van der Waals surface area contributed by atoms with Gasteiger partial charge in [0.2, 0.25) is 5.91 Å². The molecule has 1 unspecified atom stereocenters. The van der Waals surface area contributed by atoms with E-state index in [0.717, 1.165) is 6.42 Å². The molecule has 1 aliphatic heterocycles. The van der Waals surface area contributed by atoms with Gasteiger partial charge in [-0.1, -0.05) is 18.2 Å². The number of nitrogens with zero attached hydrogens (tertiary/aromatic N) is 2. The number of nitro benzene ring substituents is 1. The predicted octanol–water partition coefficient (Wildman–Crippen LogP) is 1.94. The van der Waals surface area contributed by atoms with Crippen LogP contribution in [0.15, 0.2) is 24.3 Å². The first-order valence-corrected chi connectivity index (χ1v) is 7.69. The highest BCUT2D eigenvalue weighted by molar-refractivity contribution is 5.81. The van der Waals surface area contributed by atoms with Crippen molar-refractivity contribution in [2.75, 3.05) is 19.7 Å². The van der Waals surface area contributed by atoms with Gasteiger partial charge in [-0.15, -0.1) is 0 Å². The van der Waals surface area contributed by atoms with E-state index in [9.17, 15) is 19.7 Å². The van der Waals surface area contributed by atoms with E-state index in [-0.39, 0.29) is 29.9 Å². The summed E-state index contributed by atoms with van der Waals surface area (Å²) < 4.78 is 5.01. The average Bonchev–Trinajstić information content (AvgIpc) is 2.55. The summed E-state index contributed by atoms with van der Waals surface area (Å²) in [5, 5.41) is 11.0. The quantitative estimate of drug-likeness (QED) is 0.470. The van der Waals surface area contributed by atoms with Crippen LogP contribution in [0.1, 0.15) is 25.3 Å². The van der Waals surface area contributed by atoms with E-state index in [0.29, 0.717) is 31.7 Å². The molecule has 0 aromatic heterocycles. The van der Waals surface area contributed by atoms with Crippen LogP contribution in [-0.4, -0.2) is 41.4 Å². The van der Waals surface area contributed by atoms with Gasteiger partial charge in [0.15, 0.2) is 0 Å². The lowest BCUT2D eigenvalue weighted by molar-refractivity contribution is -0.385. The first-order valence-electron chi connectivity index (χ1n) is 7.69. The Morgan fingerprint density at radius 1 is 1.39 bits per heavy atom. The summed E-state index contributed by atoms with van der Waals surface area (Å²) in [5.74, 6) is -0.789. The Morgan fingerprint density at radius 3 is 2.83 bits per heavy atom. The van der Waals surface area contributed by atoms with Crippen LogP contribution in [0.25, 0.3) is 0 Å². The van der Waals surface area contributed by atoms with Gasteiger partial charge in [0.1, 0.15) is 0 Å². The van der Waals surface area contributed by atoms with Crippen LogP contribution in [0.5, 0.6) is 0 Å². The Kier molecular flexibility index (Phi) is 5.67. The number of benzene rings is 1. The van der Waals surface area contributed by atoms with E-state index in [2.05, 4.69) is 0 Å². The fourth-order valence-corrected chi connectivity index (χ4v) is 2.77. The van der Waals surface area contributed by atoms with Crippen LogP contribution >= 0.6 is 0 Å². The minimum Gasteiger partial charge on any atom is -0.466 e. The lowest BCUT2D eigenvalue weighted by Gasteiger charge is -2.31.